The van der Waals surface area contributed by atoms with Crippen molar-refractivity contribution in [2.75, 3.05) is 34.5 Å². The summed E-state index contributed by atoms with van der Waals surface area (Å²) in [4.78, 5) is 10.1. The molecular formula is C57H113NO3. The number of allylic oxidation sites excluding steroid dienone is 6. The number of methoxy groups -OCH3 is 2. The zero-order valence-corrected chi connectivity index (χ0v) is 45.5. The van der Waals surface area contributed by atoms with E-state index in [1.54, 1.807) is 21.3 Å². The Hall–Kier alpha value is -2.61. The van der Waals surface area contributed by atoms with E-state index >= 15 is 0 Å². The highest BCUT2D eigenvalue weighted by Crippen LogP contribution is 2.39. The first kappa shape index (κ1) is 75.7. The van der Waals surface area contributed by atoms with Crippen LogP contribution in [0.15, 0.2) is 60.2 Å². The Morgan fingerprint density at radius 3 is 1.34 bits per heavy atom. The predicted octanol–water partition coefficient (Wildman–Crippen LogP) is 18.7. The maximum atomic E-state index is 10.1. The van der Waals surface area contributed by atoms with E-state index in [2.05, 4.69) is 163 Å². The van der Waals surface area contributed by atoms with Crippen molar-refractivity contribution in [1.82, 2.24) is 5.32 Å². The molecule has 1 aliphatic rings. The van der Waals surface area contributed by atoms with Crippen LogP contribution in [0.5, 0.6) is 0 Å². The lowest BCUT2D eigenvalue weighted by Crippen LogP contribution is -2.15. The summed E-state index contributed by atoms with van der Waals surface area (Å²) in [5.41, 5.74) is 4.16. The Morgan fingerprint density at radius 1 is 0.721 bits per heavy atom. The zero-order valence-electron chi connectivity index (χ0n) is 45.5. The first-order valence-electron chi connectivity index (χ1n) is 24.8. The van der Waals surface area contributed by atoms with Gasteiger partial charge in [-0.25, -0.2) is 0 Å². The van der Waals surface area contributed by atoms with Crippen molar-refractivity contribution >= 4 is 11.5 Å². The van der Waals surface area contributed by atoms with Gasteiger partial charge in [-0.05, 0) is 96.1 Å². The Labute approximate surface area is 387 Å². The molecule has 0 radical (unpaired) electrons. The average Bonchev–Trinajstić information content (AvgIpc) is 4.02. The van der Waals surface area contributed by atoms with Gasteiger partial charge in [0.25, 0.3) is 0 Å². The fourth-order valence-corrected chi connectivity index (χ4v) is 4.23. The minimum atomic E-state index is 0.0926. The molecule has 0 bridgehead atoms. The second kappa shape index (κ2) is 77.9. The highest BCUT2D eigenvalue weighted by atomic mass is 16.5. The number of hydrogen-bond donors (Lipinski definition) is 1. The molecule has 1 fully saturated rings. The van der Waals surface area contributed by atoms with Crippen molar-refractivity contribution in [1.29, 1.82) is 0 Å². The molecule has 0 spiro atoms. The molecule has 0 aliphatic heterocycles. The molecule has 1 aromatic carbocycles. The lowest BCUT2D eigenvalue weighted by molar-refractivity contribution is -0.120. The second-order valence-corrected chi connectivity index (χ2v) is 14.7. The van der Waals surface area contributed by atoms with Crippen LogP contribution in [-0.2, 0) is 14.3 Å². The van der Waals surface area contributed by atoms with E-state index in [4.69, 9.17) is 9.47 Å². The molecule has 0 heterocycles. The maximum Gasteiger partial charge on any atom is 0.219 e. The summed E-state index contributed by atoms with van der Waals surface area (Å²) in [5.74, 6) is 7.89. The molecular weight excluding hydrogens is 747 g/mol. The van der Waals surface area contributed by atoms with Gasteiger partial charge in [-0.3, -0.25) is 4.79 Å². The van der Waals surface area contributed by atoms with Gasteiger partial charge in [0.1, 0.15) is 0 Å². The van der Waals surface area contributed by atoms with Gasteiger partial charge < -0.3 is 14.8 Å². The van der Waals surface area contributed by atoms with Crippen molar-refractivity contribution in [3.63, 3.8) is 0 Å². The smallest absolute Gasteiger partial charge is 0.219 e. The fourth-order valence-electron chi connectivity index (χ4n) is 4.23. The molecule has 1 saturated carbocycles. The normalized spacial score (nSPS) is 12.7. The van der Waals surface area contributed by atoms with Crippen LogP contribution in [0.1, 0.15) is 239 Å². The van der Waals surface area contributed by atoms with Crippen molar-refractivity contribution in [2.45, 2.75) is 234 Å². The molecule has 0 aromatic heterocycles. The van der Waals surface area contributed by atoms with Crippen LogP contribution in [0.25, 0.3) is 5.57 Å². The first-order valence-corrected chi connectivity index (χ1v) is 24.8. The van der Waals surface area contributed by atoms with Crippen molar-refractivity contribution in [3.8, 4) is 11.8 Å². The van der Waals surface area contributed by atoms with Gasteiger partial charge in [0.05, 0.1) is 0 Å². The number of ether oxygens (including phenoxy) is 2. The molecule has 1 aliphatic carbocycles. The van der Waals surface area contributed by atoms with Crippen LogP contribution in [0.3, 0.4) is 0 Å². The number of nitrogens with one attached hydrogen (secondary N) is 1. The molecule has 0 saturated heterocycles. The van der Waals surface area contributed by atoms with E-state index in [0.717, 1.165) is 50.7 Å². The van der Waals surface area contributed by atoms with E-state index in [1.807, 2.05) is 33.8 Å². The third-order valence-corrected chi connectivity index (χ3v) is 8.79. The summed E-state index contributed by atoms with van der Waals surface area (Å²) in [5, 5.41) is 2.48. The third-order valence-electron chi connectivity index (χ3n) is 8.79. The van der Waals surface area contributed by atoms with Crippen LogP contribution in [0.2, 0.25) is 0 Å². The van der Waals surface area contributed by atoms with E-state index in [1.165, 1.54) is 93.8 Å². The van der Waals surface area contributed by atoms with Crippen molar-refractivity contribution < 1.29 is 14.3 Å². The van der Waals surface area contributed by atoms with Crippen LogP contribution >= 0.6 is 0 Å². The van der Waals surface area contributed by atoms with E-state index in [9.17, 15) is 4.79 Å². The quantitative estimate of drug-likeness (QED) is 0.102. The van der Waals surface area contributed by atoms with Gasteiger partial charge in [0, 0.05) is 47.3 Å². The minimum absolute atomic E-state index is 0.0926. The Morgan fingerprint density at radius 2 is 1.21 bits per heavy atom. The van der Waals surface area contributed by atoms with Crippen molar-refractivity contribution in [3.05, 3.63) is 65.8 Å². The summed E-state index contributed by atoms with van der Waals surface area (Å²) in [7, 11) is 5.07. The summed E-state index contributed by atoms with van der Waals surface area (Å²) >= 11 is 0. The predicted molar refractivity (Wildman–Crippen MR) is 285 cm³/mol. The number of rotatable bonds is 16. The summed E-state index contributed by atoms with van der Waals surface area (Å²) < 4.78 is 9.47. The molecule has 1 aromatic rings. The SMILES string of the molecule is C/C=C(\C)CC.C/C=C/CC.CC#CCC.CC/C=C(/C)c1ccccc1.CCC(=O)NC.CCC1CC1C.CCCCC.CCCCCC.CCCCOC.CCCOC. The molecule has 2 rings (SSSR count). The number of carbonyl (C=O) groups is 1. The van der Waals surface area contributed by atoms with Gasteiger partial charge in [-0.2, -0.15) is 0 Å². The van der Waals surface area contributed by atoms with Gasteiger partial charge in [0.2, 0.25) is 5.91 Å². The minimum Gasteiger partial charge on any atom is -0.385 e. The first-order chi connectivity index (χ1) is 29.3. The van der Waals surface area contributed by atoms with Crippen LogP contribution < -0.4 is 5.32 Å². The van der Waals surface area contributed by atoms with Crippen LogP contribution in [0.4, 0.5) is 0 Å². The van der Waals surface area contributed by atoms with Gasteiger partial charge in [-0.15, -0.1) is 11.8 Å². The monoisotopic (exact) mass is 860 g/mol. The molecule has 2 unspecified atom stereocenters. The Bertz CT molecular complexity index is 982. The number of benzene rings is 1. The third kappa shape index (κ3) is 98.0. The largest absolute Gasteiger partial charge is 0.385 e. The number of carbonyl (C=O) groups excluding carboxylic acids is 1. The van der Waals surface area contributed by atoms with E-state index in [0.29, 0.717) is 6.42 Å². The highest BCUT2D eigenvalue weighted by Gasteiger charge is 2.29. The summed E-state index contributed by atoms with van der Waals surface area (Å²) in [6.45, 7) is 40.1. The van der Waals surface area contributed by atoms with Crippen molar-refractivity contribution in [2.24, 2.45) is 11.8 Å². The topological polar surface area (TPSA) is 47.6 Å². The Balaban J connectivity index is -0.0000000864. The van der Waals surface area contributed by atoms with Gasteiger partial charge >= 0.3 is 0 Å². The maximum absolute atomic E-state index is 10.1. The Kier molecular flexibility index (Phi) is 96.8. The molecule has 1 amide bonds. The average molecular weight is 861 g/mol. The molecule has 61 heavy (non-hydrogen) atoms. The zero-order chi connectivity index (χ0) is 48.8. The van der Waals surface area contributed by atoms with E-state index < -0.39 is 0 Å². The summed E-state index contributed by atoms with van der Waals surface area (Å²) in [6, 6.07) is 10.5. The molecule has 364 valence electrons. The van der Waals surface area contributed by atoms with Crippen LogP contribution in [-0.4, -0.2) is 40.4 Å². The van der Waals surface area contributed by atoms with Crippen LogP contribution in [0, 0.1) is 23.7 Å². The lowest BCUT2D eigenvalue weighted by atomic mass is 10.1. The number of amides is 1. The molecule has 1 N–H and O–H groups in total. The number of unbranched alkanes of at least 4 members (excludes halogenated alkanes) is 6. The fraction of sp³-hybridized carbons (Fsp3) is 0.737. The highest BCUT2D eigenvalue weighted by molar-refractivity contribution is 5.75. The lowest BCUT2D eigenvalue weighted by Gasteiger charge is -1.98. The second-order valence-electron chi connectivity index (χ2n) is 14.7. The summed E-state index contributed by atoms with van der Waals surface area (Å²) in [6.07, 6.45) is 29.6. The molecule has 2 atom stereocenters. The van der Waals surface area contributed by atoms with Gasteiger partial charge in [-0.1, -0.05) is 208 Å². The van der Waals surface area contributed by atoms with Gasteiger partial charge in [0.15, 0.2) is 0 Å². The molecule has 4 nitrogen and oxygen atoms in total. The van der Waals surface area contributed by atoms with E-state index in [-0.39, 0.29) is 5.91 Å². The number of hydrogen-bond acceptors (Lipinski definition) is 3. The molecule has 4 heteroatoms. The standard InChI is InChI=1S/C11H14.2C6H12.C6H14.C5H12O.C5H12.C5H10.C5H8.C4H9NO.C4H10O/c1-3-7-10(2)11-8-5-4-6-9-11;1-3-6-4-5(6)2;1-4-6(3)5-2;1-3-5-6-4-2;1-3-4-5-6-2;3*1-3-5-4-2;1-3-4(6)5-2;1-3-4-5-2/h4-9H,3H2,1-2H3;5-6H,3-4H2,1-2H3;4H,5H2,1-3H3;3-6H2,1-2H3;3-5H2,1-2H3;3-5H2,1-2H3;3,5H,4H2,1-2H3;3H2,1-2H3;3H2,1-2H3,(H,5,6);3-4H2,1-2H3/b10-7-;;6-4+;;;;5-3+;;;.